The summed E-state index contributed by atoms with van der Waals surface area (Å²) in [6.45, 7) is 5.27. The molecule has 6 rings (SSSR count). The van der Waals surface area contributed by atoms with Crippen molar-refractivity contribution in [3.63, 3.8) is 0 Å². The highest BCUT2D eigenvalue weighted by Gasteiger charge is 2.31. The summed E-state index contributed by atoms with van der Waals surface area (Å²) in [5.41, 5.74) is 5.33. The summed E-state index contributed by atoms with van der Waals surface area (Å²) in [7, 11) is 0. The molecule has 4 aromatic carbocycles. The van der Waals surface area contributed by atoms with E-state index in [1.807, 2.05) is 0 Å². The van der Waals surface area contributed by atoms with E-state index in [0.717, 1.165) is 25.8 Å². The van der Waals surface area contributed by atoms with Crippen LogP contribution in [0.25, 0.3) is 32.3 Å². The van der Waals surface area contributed by atoms with Crippen LogP contribution in [-0.2, 0) is 24.2 Å². The number of carbonyl (C=O) groups is 1. The number of fused-ring (bicyclic) bond motifs is 6. The summed E-state index contributed by atoms with van der Waals surface area (Å²) in [5.74, 6) is 0.476. The van der Waals surface area contributed by atoms with Gasteiger partial charge in [-0.15, -0.1) is 0 Å². The number of hydrogen-bond donors (Lipinski definition) is 0. The molecule has 2 unspecified atom stereocenters. The van der Waals surface area contributed by atoms with E-state index in [2.05, 4.69) is 91.3 Å². The van der Waals surface area contributed by atoms with Crippen LogP contribution in [-0.4, -0.2) is 10.9 Å². The first-order chi connectivity index (χ1) is 16.2. The maximum Gasteiger partial charge on any atom is 0.127 e. The monoisotopic (exact) mass is 431 g/mol. The first-order valence-corrected chi connectivity index (χ1v) is 12.2. The van der Waals surface area contributed by atoms with Crippen LogP contribution in [0.4, 0.5) is 0 Å². The highest BCUT2D eigenvalue weighted by molar-refractivity contribution is 6.17. The molecule has 2 nitrogen and oxygen atoms in total. The van der Waals surface area contributed by atoms with Gasteiger partial charge in [-0.1, -0.05) is 74.5 Å². The van der Waals surface area contributed by atoms with Gasteiger partial charge in [0.1, 0.15) is 6.29 Å². The van der Waals surface area contributed by atoms with Crippen molar-refractivity contribution in [2.75, 3.05) is 0 Å². The zero-order valence-corrected chi connectivity index (χ0v) is 19.3. The number of aromatic nitrogens is 1. The number of hydrogen-bond acceptors (Lipinski definition) is 1. The van der Waals surface area contributed by atoms with E-state index in [1.165, 1.54) is 61.0 Å². The molecule has 1 aliphatic rings. The topological polar surface area (TPSA) is 22.0 Å². The lowest BCUT2D eigenvalue weighted by molar-refractivity contribution is -0.110. The van der Waals surface area contributed by atoms with Crippen molar-refractivity contribution >= 4 is 38.6 Å². The molecule has 1 aliphatic carbocycles. The van der Waals surface area contributed by atoms with Crippen LogP contribution in [0.2, 0.25) is 0 Å². The molecule has 0 aliphatic heterocycles. The molecule has 1 aromatic heterocycles. The highest BCUT2D eigenvalue weighted by atomic mass is 16.1. The van der Waals surface area contributed by atoms with Gasteiger partial charge in [-0.2, -0.15) is 0 Å². The van der Waals surface area contributed by atoms with Crippen molar-refractivity contribution in [1.29, 1.82) is 0 Å². The quantitative estimate of drug-likeness (QED) is 0.214. The molecule has 0 radical (unpaired) electrons. The third-order valence-electron chi connectivity index (χ3n) is 7.78. The van der Waals surface area contributed by atoms with Crippen molar-refractivity contribution in [1.82, 2.24) is 4.57 Å². The molecule has 2 heteroatoms. The predicted molar refractivity (Wildman–Crippen MR) is 138 cm³/mol. The minimum Gasteiger partial charge on any atom is -0.346 e. The minimum absolute atomic E-state index is 0.0442. The van der Waals surface area contributed by atoms with E-state index in [-0.39, 0.29) is 5.92 Å². The van der Waals surface area contributed by atoms with Crippen molar-refractivity contribution < 1.29 is 4.79 Å². The van der Waals surface area contributed by atoms with Gasteiger partial charge in [0.2, 0.25) is 0 Å². The Labute approximate surface area is 194 Å². The van der Waals surface area contributed by atoms with Crippen LogP contribution in [0.5, 0.6) is 0 Å². The van der Waals surface area contributed by atoms with Crippen molar-refractivity contribution in [3.8, 4) is 0 Å². The zero-order valence-electron chi connectivity index (χ0n) is 19.3. The molecule has 0 fully saturated rings. The number of carbonyl (C=O) groups excluding carboxylic acids is 1. The maximum atomic E-state index is 11.9. The molecule has 0 bridgehead atoms. The van der Waals surface area contributed by atoms with Crippen LogP contribution in [0, 0.1) is 5.92 Å². The molecular weight excluding hydrogens is 402 g/mol. The SMILES string of the molecule is CCc1cn(Cc2ccc3c(ccc4c5ccccc5ccc34)c2)c2c1C(C=O)C(C)CC2. The van der Waals surface area contributed by atoms with Crippen molar-refractivity contribution in [2.45, 2.75) is 45.6 Å². The Balaban J connectivity index is 1.43. The van der Waals surface area contributed by atoms with Gasteiger partial charge in [-0.05, 0) is 80.3 Å². The molecule has 0 spiro atoms. The average Bonchev–Trinajstić information content (AvgIpc) is 3.20. The van der Waals surface area contributed by atoms with Gasteiger partial charge in [0.05, 0.1) is 0 Å². The molecule has 1 heterocycles. The summed E-state index contributed by atoms with van der Waals surface area (Å²) in [6, 6.07) is 24.5. The Kier molecular flexibility index (Phi) is 4.83. The number of benzene rings is 4. The summed E-state index contributed by atoms with van der Waals surface area (Å²) in [5, 5.41) is 7.81. The van der Waals surface area contributed by atoms with Gasteiger partial charge in [0, 0.05) is 24.4 Å². The first-order valence-electron chi connectivity index (χ1n) is 12.2. The van der Waals surface area contributed by atoms with E-state index >= 15 is 0 Å². The van der Waals surface area contributed by atoms with Gasteiger partial charge >= 0.3 is 0 Å². The normalized spacial score (nSPS) is 18.1. The Bertz CT molecular complexity index is 1520. The highest BCUT2D eigenvalue weighted by Crippen LogP contribution is 2.39. The fourth-order valence-corrected chi connectivity index (χ4v) is 5.99. The Hall–Kier alpha value is -3.39. The van der Waals surface area contributed by atoms with Gasteiger partial charge in [-0.3, -0.25) is 0 Å². The second-order valence-corrected chi connectivity index (χ2v) is 9.68. The van der Waals surface area contributed by atoms with E-state index < -0.39 is 0 Å². The molecular formula is C31H29NO. The summed E-state index contributed by atoms with van der Waals surface area (Å²) >= 11 is 0. The van der Waals surface area contributed by atoms with Crippen molar-refractivity contribution in [2.24, 2.45) is 5.92 Å². The first kappa shape index (κ1) is 20.2. The molecule has 0 N–H and O–H groups in total. The summed E-state index contributed by atoms with van der Waals surface area (Å²) < 4.78 is 2.41. The van der Waals surface area contributed by atoms with E-state index in [1.54, 1.807) is 0 Å². The van der Waals surface area contributed by atoms with Crippen molar-refractivity contribution in [3.05, 3.63) is 95.3 Å². The number of aryl methyl sites for hydroxylation is 1. The van der Waals surface area contributed by atoms with Crippen LogP contribution in [0.1, 0.15) is 48.6 Å². The summed E-state index contributed by atoms with van der Waals surface area (Å²) in [4.78, 5) is 11.9. The van der Waals surface area contributed by atoms with E-state index in [9.17, 15) is 4.79 Å². The number of nitrogens with zero attached hydrogens (tertiary/aromatic N) is 1. The molecule has 0 saturated heterocycles. The molecule has 33 heavy (non-hydrogen) atoms. The maximum absolute atomic E-state index is 11.9. The second-order valence-electron chi connectivity index (χ2n) is 9.68. The van der Waals surface area contributed by atoms with Gasteiger partial charge in [0.15, 0.2) is 0 Å². The van der Waals surface area contributed by atoms with Gasteiger partial charge in [-0.25, -0.2) is 0 Å². The third kappa shape index (κ3) is 3.20. The largest absolute Gasteiger partial charge is 0.346 e. The third-order valence-corrected chi connectivity index (χ3v) is 7.78. The molecule has 0 saturated carbocycles. The van der Waals surface area contributed by atoms with Crippen LogP contribution in [0.15, 0.2) is 72.9 Å². The molecule has 2 atom stereocenters. The number of rotatable bonds is 4. The molecule has 0 amide bonds. The number of aldehydes is 1. The second kappa shape index (κ2) is 7.88. The lowest BCUT2D eigenvalue weighted by Crippen LogP contribution is -2.21. The Morgan fingerprint density at radius 2 is 1.64 bits per heavy atom. The molecule has 5 aromatic rings. The van der Waals surface area contributed by atoms with E-state index in [0.29, 0.717) is 5.92 Å². The smallest absolute Gasteiger partial charge is 0.127 e. The Morgan fingerprint density at radius 1 is 0.909 bits per heavy atom. The van der Waals surface area contributed by atoms with Crippen LogP contribution in [0.3, 0.4) is 0 Å². The van der Waals surface area contributed by atoms with Crippen LogP contribution < -0.4 is 0 Å². The average molecular weight is 432 g/mol. The van der Waals surface area contributed by atoms with Gasteiger partial charge in [0.25, 0.3) is 0 Å². The fraction of sp³-hybridized carbons (Fsp3) is 0.258. The molecule has 164 valence electrons. The minimum atomic E-state index is 0.0442. The van der Waals surface area contributed by atoms with Gasteiger partial charge < -0.3 is 9.36 Å². The predicted octanol–water partition coefficient (Wildman–Crippen LogP) is 7.42. The lowest BCUT2D eigenvalue weighted by atomic mass is 9.78. The lowest BCUT2D eigenvalue weighted by Gasteiger charge is -2.27. The Morgan fingerprint density at radius 3 is 2.42 bits per heavy atom. The van der Waals surface area contributed by atoms with Crippen LogP contribution >= 0.6 is 0 Å². The fourth-order valence-electron chi connectivity index (χ4n) is 5.99. The van der Waals surface area contributed by atoms with E-state index in [4.69, 9.17) is 0 Å². The summed E-state index contributed by atoms with van der Waals surface area (Å²) in [6.07, 6.45) is 6.60. The standard InChI is InChI=1S/C31H29NO/c1-3-22-18-32(30-15-8-20(2)29(19-33)31(22)30)17-21-9-12-26-24(16-21)11-14-27-25-7-5-4-6-23(25)10-13-28(26)27/h4-7,9-14,16,18-20,29H,3,8,15,17H2,1-2H3. The zero-order chi connectivity index (χ0) is 22.5.